The predicted octanol–water partition coefficient (Wildman–Crippen LogP) is 5.96. The fraction of sp³-hybridized carbons (Fsp3) is 0.417. The number of halogens is 1. The number of carbonyl (C=O) groups is 2. The van der Waals surface area contributed by atoms with Crippen LogP contribution in [0.3, 0.4) is 0 Å². The van der Waals surface area contributed by atoms with Crippen LogP contribution in [0.2, 0.25) is 0 Å². The zero-order valence-electron chi connectivity index (χ0n) is 19.4. The molecule has 1 amide bonds. The molecule has 0 bridgehead atoms. The number of amides is 1. The third-order valence-electron chi connectivity index (χ3n) is 5.44. The Morgan fingerprint density at radius 1 is 1.21 bits per heavy atom. The normalized spacial score (nSPS) is 13.1. The summed E-state index contributed by atoms with van der Waals surface area (Å²) in [5, 5.41) is 12.9. The molecule has 1 N–H and O–H groups in total. The van der Waals surface area contributed by atoms with Crippen molar-refractivity contribution in [3.05, 3.63) is 44.7 Å². The Labute approximate surface area is 215 Å². The van der Waals surface area contributed by atoms with Crippen molar-refractivity contribution >= 4 is 55.9 Å². The van der Waals surface area contributed by atoms with Crippen molar-refractivity contribution in [2.45, 2.75) is 64.3 Å². The molecule has 0 aliphatic heterocycles. The molecule has 3 aromatic rings. The van der Waals surface area contributed by atoms with Crippen LogP contribution in [0.15, 0.2) is 33.9 Å². The Morgan fingerprint density at radius 2 is 1.94 bits per heavy atom. The number of hydrogen-bond acceptors (Lipinski definition) is 7. The number of hydrogen-bond donors (Lipinski definition) is 1. The van der Waals surface area contributed by atoms with E-state index in [0.717, 1.165) is 47.1 Å². The van der Waals surface area contributed by atoms with Crippen LogP contribution in [-0.4, -0.2) is 38.5 Å². The zero-order chi connectivity index (χ0) is 24.2. The minimum atomic E-state index is -0.359. The van der Waals surface area contributed by atoms with Crippen LogP contribution in [-0.2, 0) is 28.9 Å². The number of anilines is 1. The van der Waals surface area contributed by atoms with Crippen molar-refractivity contribution in [3.8, 4) is 11.4 Å². The molecule has 180 valence electrons. The molecular formula is C24H27BrN4O3S2. The average Bonchev–Trinajstić information content (AvgIpc) is 3.38. The Hall–Kier alpha value is -2.17. The second-order valence-electron chi connectivity index (χ2n) is 8.26. The van der Waals surface area contributed by atoms with Gasteiger partial charge in [-0.2, -0.15) is 0 Å². The molecule has 1 aliphatic rings. The van der Waals surface area contributed by atoms with Crippen molar-refractivity contribution in [2.75, 3.05) is 11.1 Å². The van der Waals surface area contributed by atoms with Gasteiger partial charge in [0.1, 0.15) is 5.00 Å². The summed E-state index contributed by atoms with van der Waals surface area (Å²) < 4.78 is 8.48. The number of nitrogens with one attached hydrogen (secondary N) is 1. The highest BCUT2D eigenvalue weighted by molar-refractivity contribution is 9.10. The Bertz CT molecular complexity index is 1190. The number of ether oxygens (including phenoxy) is 1. The van der Waals surface area contributed by atoms with Gasteiger partial charge in [-0.25, -0.2) is 4.79 Å². The number of benzene rings is 1. The lowest BCUT2D eigenvalue weighted by Crippen LogP contribution is -2.19. The van der Waals surface area contributed by atoms with Crippen LogP contribution in [0.5, 0.6) is 0 Å². The van der Waals surface area contributed by atoms with Gasteiger partial charge in [-0.15, -0.1) is 21.5 Å². The first-order valence-electron chi connectivity index (χ1n) is 11.3. The van der Waals surface area contributed by atoms with E-state index in [1.807, 2.05) is 49.6 Å². The van der Waals surface area contributed by atoms with Crippen LogP contribution < -0.4 is 5.32 Å². The lowest BCUT2D eigenvalue weighted by molar-refractivity contribution is -0.113. The van der Waals surface area contributed by atoms with Crippen molar-refractivity contribution in [1.82, 2.24) is 14.8 Å². The quantitative estimate of drug-likeness (QED) is 0.269. The lowest BCUT2D eigenvalue weighted by Gasteiger charge is -2.14. The van der Waals surface area contributed by atoms with Gasteiger partial charge in [0.2, 0.25) is 5.91 Å². The largest absolute Gasteiger partial charge is 0.459 e. The van der Waals surface area contributed by atoms with Crippen molar-refractivity contribution in [3.63, 3.8) is 0 Å². The molecule has 0 fully saturated rings. The topological polar surface area (TPSA) is 86.1 Å². The minimum absolute atomic E-state index is 0.166. The van der Waals surface area contributed by atoms with E-state index in [-0.39, 0.29) is 23.7 Å². The van der Waals surface area contributed by atoms with Crippen LogP contribution >= 0.6 is 39.0 Å². The Kier molecular flexibility index (Phi) is 8.10. The summed E-state index contributed by atoms with van der Waals surface area (Å²) in [5.74, 6) is 0.391. The number of esters is 1. The van der Waals surface area contributed by atoms with E-state index >= 15 is 0 Å². The van der Waals surface area contributed by atoms with Crippen LogP contribution in [0.4, 0.5) is 5.00 Å². The zero-order valence-corrected chi connectivity index (χ0v) is 22.6. The molecule has 0 atom stereocenters. The smallest absolute Gasteiger partial charge is 0.341 e. The molecule has 0 saturated heterocycles. The van der Waals surface area contributed by atoms with E-state index in [9.17, 15) is 9.59 Å². The first-order chi connectivity index (χ1) is 16.4. The van der Waals surface area contributed by atoms with Crippen molar-refractivity contribution < 1.29 is 14.3 Å². The summed E-state index contributed by atoms with van der Waals surface area (Å²) in [4.78, 5) is 26.9. The van der Waals surface area contributed by atoms with Gasteiger partial charge in [0.05, 0.1) is 17.4 Å². The standard InChI is InChI=1S/C24H27BrN4O3S2/c1-4-29-21(15-9-11-16(25)12-10-15)27-28-24(29)33-13-19(30)26-22-20(23(31)32-14(2)3)17-7-5-6-8-18(17)34-22/h9-12,14H,4-8,13H2,1-3H3,(H,26,30). The molecular weight excluding hydrogens is 536 g/mol. The Balaban J connectivity index is 1.48. The highest BCUT2D eigenvalue weighted by atomic mass is 79.9. The molecule has 10 heteroatoms. The molecule has 0 unspecified atom stereocenters. The summed E-state index contributed by atoms with van der Waals surface area (Å²) in [6, 6.07) is 7.90. The van der Waals surface area contributed by atoms with E-state index < -0.39 is 0 Å². The lowest BCUT2D eigenvalue weighted by atomic mass is 9.95. The third-order valence-corrected chi connectivity index (χ3v) is 8.14. The Morgan fingerprint density at radius 3 is 2.65 bits per heavy atom. The summed E-state index contributed by atoms with van der Waals surface area (Å²) >= 11 is 6.28. The SMILES string of the molecule is CCn1c(SCC(=O)Nc2sc3c(c2C(=O)OC(C)C)CCCC3)nnc1-c1ccc(Br)cc1. The van der Waals surface area contributed by atoms with Crippen molar-refractivity contribution in [2.24, 2.45) is 0 Å². The number of carbonyl (C=O) groups excluding carboxylic acids is 2. The first kappa shape index (κ1) is 24.9. The number of aromatic nitrogens is 3. The number of nitrogens with zero attached hydrogens (tertiary/aromatic N) is 3. The van der Waals surface area contributed by atoms with E-state index in [1.165, 1.54) is 28.0 Å². The highest BCUT2D eigenvalue weighted by Gasteiger charge is 2.28. The van der Waals surface area contributed by atoms with Gasteiger partial charge >= 0.3 is 5.97 Å². The third kappa shape index (κ3) is 5.55. The molecule has 1 aliphatic carbocycles. The molecule has 2 heterocycles. The number of aryl methyl sites for hydroxylation is 1. The van der Waals surface area contributed by atoms with Crippen LogP contribution in [0.1, 0.15) is 54.4 Å². The maximum absolute atomic E-state index is 12.9. The molecule has 4 rings (SSSR count). The second kappa shape index (κ2) is 11.0. The van der Waals surface area contributed by atoms with Gasteiger partial charge in [-0.3, -0.25) is 4.79 Å². The predicted molar refractivity (Wildman–Crippen MR) is 140 cm³/mol. The monoisotopic (exact) mass is 562 g/mol. The molecule has 0 spiro atoms. The van der Waals surface area contributed by atoms with Gasteiger partial charge in [-0.05, 0) is 64.2 Å². The summed E-state index contributed by atoms with van der Waals surface area (Å²) in [5.41, 5.74) is 2.53. The number of rotatable bonds is 8. The van der Waals surface area contributed by atoms with Gasteiger partial charge in [0.15, 0.2) is 11.0 Å². The fourth-order valence-electron chi connectivity index (χ4n) is 3.93. The van der Waals surface area contributed by atoms with Gasteiger partial charge in [0, 0.05) is 21.5 Å². The summed E-state index contributed by atoms with van der Waals surface area (Å²) in [6.07, 6.45) is 3.71. The molecule has 7 nitrogen and oxygen atoms in total. The van der Waals surface area contributed by atoms with Crippen molar-refractivity contribution in [1.29, 1.82) is 0 Å². The maximum Gasteiger partial charge on any atom is 0.341 e. The molecule has 2 aromatic heterocycles. The number of thioether (sulfide) groups is 1. The maximum atomic E-state index is 12.9. The second-order valence-corrected chi connectivity index (χ2v) is 11.2. The number of fused-ring (bicyclic) bond motifs is 1. The highest BCUT2D eigenvalue weighted by Crippen LogP contribution is 2.39. The summed E-state index contributed by atoms with van der Waals surface area (Å²) in [6.45, 7) is 6.37. The first-order valence-corrected chi connectivity index (χ1v) is 13.9. The van der Waals surface area contributed by atoms with E-state index in [0.29, 0.717) is 22.3 Å². The molecule has 34 heavy (non-hydrogen) atoms. The van der Waals surface area contributed by atoms with Gasteiger partial charge < -0.3 is 14.6 Å². The minimum Gasteiger partial charge on any atom is -0.459 e. The van der Waals surface area contributed by atoms with Gasteiger partial charge in [-0.1, -0.05) is 39.8 Å². The van der Waals surface area contributed by atoms with E-state index in [2.05, 4.69) is 31.4 Å². The van der Waals surface area contributed by atoms with Crippen LogP contribution in [0.25, 0.3) is 11.4 Å². The van der Waals surface area contributed by atoms with Crippen LogP contribution in [0, 0.1) is 0 Å². The molecule has 0 saturated carbocycles. The number of thiophene rings is 1. The summed E-state index contributed by atoms with van der Waals surface area (Å²) in [7, 11) is 0. The van der Waals surface area contributed by atoms with E-state index in [1.54, 1.807) is 0 Å². The average molecular weight is 564 g/mol. The molecule has 0 radical (unpaired) electrons. The molecule has 1 aromatic carbocycles. The van der Waals surface area contributed by atoms with E-state index in [4.69, 9.17) is 4.74 Å². The van der Waals surface area contributed by atoms with Gasteiger partial charge in [0.25, 0.3) is 0 Å². The fourth-order valence-corrected chi connectivity index (χ4v) is 6.29.